The van der Waals surface area contributed by atoms with Gasteiger partial charge in [0.05, 0.1) is 0 Å². The Kier molecular flexibility index (Phi) is 13.2. The van der Waals surface area contributed by atoms with Gasteiger partial charge in [0.2, 0.25) is 0 Å². The van der Waals surface area contributed by atoms with E-state index in [9.17, 15) is 0 Å². The minimum absolute atomic E-state index is 0.911. The highest BCUT2D eigenvalue weighted by Gasteiger charge is 2.23. The largest absolute Gasteiger partial charge is 0.0826 e. The standard InChI is InChI=1S/C22H43I/c1-4-12-20(21-14-10-8-7-9-11-15-21)17-16-19(6-3)18-22(23)13-5-2/h19-22H,4-18H2,1-3H3/t19-,20?,22?/m0/s1. The van der Waals surface area contributed by atoms with E-state index in [2.05, 4.69) is 43.4 Å². The van der Waals surface area contributed by atoms with Crippen LogP contribution in [0.3, 0.4) is 0 Å². The van der Waals surface area contributed by atoms with Crippen LogP contribution in [0.15, 0.2) is 0 Å². The molecule has 0 aliphatic heterocycles. The summed E-state index contributed by atoms with van der Waals surface area (Å²) in [6.45, 7) is 7.15. The molecule has 1 fully saturated rings. The van der Waals surface area contributed by atoms with Crippen molar-refractivity contribution in [3.05, 3.63) is 0 Å². The Hall–Kier alpha value is 0.730. The number of alkyl halides is 1. The van der Waals surface area contributed by atoms with E-state index in [1.54, 1.807) is 0 Å². The summed E-state index contributed by atoms with van der Waals surface area (Å²) in [5.74, 6) is 3.07. The summed E-state index contributed by atoms with van der Waals surface area (Å²) < 4.78 is 0.911. The second kappa shape index (κ2) is 14.0. The lowest BCUT2D eigenvalue weighted by atomic mass is 9.76. The van der Waals surface area contributed by atoms with Crippen molar-refractivity contribution >= 4 is 22.6 Å². The van der Waals surface area contributed by atoms with Crippen LogP contribution in [0.4, 0.5) is 0 Å². The molecule has 1 aliphatic rings. The van der Waals surface area contributed by atoms with Crippen molar-refractivity contribution in [2.75, 3.05) is 0 Å². The average Bonchev–Trinajstić information content (AvgIpc) is 2.50. The van der Waals surface area contributed by atoms with E-state index in [4.69, 9.17) is 0 Å². The summed E-state index contributed by atoms with van der Waals surface area (Å²) in [5, 5.41) is 0. The van der Waals surface area contributed by atoms with E-state index in [-0.39, 0.29) is 0 Å². The Labute approximate surface area is 161 Å². The molecule has 138 valence electrons. The van der Waals surface area contributed by atoms with Gasteiger partial charge in [-0.1, -0.05) is 120 Å². The van der Waals surface area contributed by atoms with Gasteiger partial charge in [0.15, 0.2) is 0 Å². The van der Waals surface area contributed by atoms with Crippen molar-refractivity contribution in [2.45, 2.75) is 121 Å². The molecule has 2 unspecified atom stereocenters. The Balaban J connectivity index is 2.45. The molecule has 1 saturated carbocycles. The van der Waals surface area contributed by atoms with Crippen molar-refractivity contribution < 1.29 is 0 Å². The summed E-state index contributed by atoms with van der Waals surface area (Å²) in [5.41, 5.74) is 0. The van der Waals surface area contributed by atoms with Crippen LogP contribution in [0.2, 0.25) is 0 Å². The smallest absolute Gasteiger partial charge is 0.0112 e. The highest BCUT2D eigenvalue weighted by atomic mass is 127. The lowest BCUT2D eigenvalue weighted by Gasteiger charge is -2.30. The highest BCUT2D eigenvalue weighted by molar-refractivity contribution is 14.1. The van der Waals surface area contributed by atoms with Gasteiger partial charge < -0.3 is 0 Å². The minimum atomic E-state index is 0.911. The van der Waals surface area contributed by atoms with Gasteiger partial charge >= 0.3 is 0 Å². The molecule has 0 radical (unpaired) electrons. The third kappa shape index (κ3) is 9.70. The first-order valence-electron chi connectivity index (χ1n) is 10.8. The second-order valence-corrected chi connectivity index (χ2v) is 9.89. The molecule has 0 spiro atoms. The van der Waals surface area contributed by atoms with Crippen molar-refractivity contribution in [1.29, 1.82) is 0 Å². The van der Waals surface area contributed by atoms with Crippen LogP contribution in [0, 0.1) is 17.8 Å². The average molecular weight is 434 g/mol. The molecule has 0 nitrogen and oxygen atoms in total. The molecule has 0 heterocycles. The fraction of sp³-hybridized carbons (Fsp3) is 1.00. The lowest BCUT2D eigenvalue weighted by molar-refractivity contribution is 0.220. The third-order valence-corrected chi connectivity index (χ3v) is 7.32. The molecule has 0 aromatic carbocycles. The molecule has 1 heteroatoms. The van der Waals surface area contributed by atoms with Crippen molar-refractivity contribution in [2.24, 2.45) is 17.8 Å². The maximum absolute atomic E-state index is 2.71. The molecule has 0 aromatic rings. The molecule has 3 atom stereocenters. The van der Waals surface area contributed by atoms with Crippen molar-refractivity contribution in [3.8, 4) is 0 Å². The fourth-order valence-corrected chi connectivity index (χ4v) is 6.02. The topological polar surface area (TPSA) is 0 Å². The molecule has 0 amide bonds. The van der Waals surface area contributed by atoms with Crippen LogP contribution in [-0.2, 0) is 0 Å². The number of rotatable bonds is 11. The highest BCUT2D eigenvalue weighted by Crippen LogP contribution is 2.35. The Bertz CT molecular complexity index is 255. The summed E-state index contributed by atoms with van der Waals surface area (Å²) in [6.07, 6.45) is 22.1. The second-order valence-electron chi connectivity index (χ2n) is 8.13. The van der Waals surface area contributed by atoms with Crippen LogP contribution < -0.4 is 0 Å². The van der Waals surface area contributed by atoms with E-state index >= 15 is 0 Å². The molecular weight excluding hydrogens is 391 g/mol. The summed E-state index contributed by atoms with van der Waals surface area (Å²) in [7, 11) is 0. The predicted molar refractivity (Wildman–Crippen MR) is 115 cm³/mol. The fourth-order valence-electron chi connectivity index (χ4n) is 4.68. The maximum Gasteiger partial charge on any atom is 0.0112 e. The predicted octanol–water partition coefficient (Wildman–Crippen LogP) is 8.56. The van der Waals surface area contributed by atoms with Gasteiger partial charge in [-0.2, -0.15) is 0 Å². The van der Waals surface area contributed by atoms with Gasteiger partial charge in [-0.3, -0.25) is 0 Å². The van der Waals surface area contributed by atoms with E-state index in [0.29, 0.717) is 0 Å². The van der Waals surface area contributed by atoms with E-state index in [1.165, 1.54) is 96.3 Å². The van der Waals surface area contributed by atoms with Gasteiger partial charge in [0, 0.05) is 3.92 Å². The molecule has 1 aliphatic carbocycles. The van der Waals surface area contributed by atoms with Gasteiger partial charge in [0.1, 0.15) is 0 Å². The number of hydrogen-bond donors (Lipinski definition) is 0. The maximum atomic E-state index is 2.71. The first-order valence-corrected chi connectivity index (χ1v) is 12.1. The molecular formula is C22H43I. The minimum Gasteiger partial charge on any atom is -0.0826 e. The van der Waals surface area contributed by atoms with Crippen LogP contribution in [0.25, 0.3) is 0 Å². The zero-order valence-corrected chi connectivity index (χ0v) is 18.5. The third-order valence-electron chi connectivity index (χ3n) is 6.19. The van der Waals surface area contributed by atoms with E-state index in [0.717, 1.165) is 21.7 Å². The summed E-state index contributed by atoms with van der Waals surface area (Å²) in [6, 6.07) is 0. The molecule has 0 bridgehead atoms. The Morgan fingerprint density at radius 2 is 1.39 bits per heavy atom. The summed E-state index contributed by atoms with van der Waals surface area (Å²) in [4.78, 5) is 0. The Morgan fingerprint density at radius 3 is 1.96 bits per heavy atom. The summed E-state index contributed by atoms with van der Waals surface area (Å²) >= 11 is 2.71. The first-order chi connectivity index (χ1) is 11.2. The monoisotopic (exact) mass is 434 g/mol. The SMILES string of the molecule is CCCC(I)C[C@@H](CC)CCC(CCC)C1CCCCCCC1. The molecule has 0 N–H and O–H groups in total. The lowest BCUT2D eigenvalue weighted by Crippen LogP contribution is -2.18. The van der Waals surface area contributed by atoms with Crippen molar-refractivity contribution in [1.82, 2.24) is 0 Å². The number of hydrogen-bond acceptors (Lipinski definition) is 0. The van der Waals surface area contributed by atoms with Crippen LogP contribution >= 0.6 is 22.6 Å². The van der Waals surface area contributed by atoms with Crippen LogP contribution in [-0.4, -0.2) is 3.92 Å². The molecule has 1 rings (SSSR count). The Morgan fingerprint density at radius 1 is 0.783 bits per heavy atom. The van der Waals surface area contributed by atoms with Gasteiger partial charge in [0.25, 0.3) is 0 Å². The zero-order chi connectivity index (χ0) is 16.9. The number of halogens is 1. The van der Waals surface area contributed by atoms with E-state index < -0.39 is 0 Å². The molecule has 0 saturated heterocycles. The zero-order valence-electron chi connectivity index (χ0n) is 16.3. The van der Waals surface area contributed by atoms with Crippen LogP contribution in [0.5, 0.6) is 0 Å². The van der Waals surface area contributed by atoms with Crippen molar-refractivity contribution in [3.63, 3.8) is 0 Å². The normalized spacial score (nSPS) is 21.4. The van der Waals surface area contributed by atoms with Gasteiger partial charge in [-0.05, 0) is 37.0 Å². The molecule has 0 aromatic heterocycles. The van der Waals surface area contributed by atoms with E-state index in [1.807, 2.05) is 0 Å². The van der Waals surface area contributed by atoms with Gasteiger partial charge in [-0.15, -0.1) is 0 Å². The van der Waals surface area contributed by atoms with Gasteiger partial charge in [-0.25, -0.2) is 0 Å². The van der Waals surface area contributed by atoms with Crippen LogP contribution in [0.1, 0.15) is 117 Å². The molecule has 23 heavy (non-hydrogen) atoms. The quantitative estimate of drug-likeness (QED) is 0.226. The first kappa shape index (κ1) is 21.8.